The van der Waals surface area contributed by atoms with E-state index in [2.05, 4.69) is 4.74 Å². The number of benzene rings is 1. The van der Waals surface area contributed by atoms with E-state index in [1.165, 1.54) is 13.2 Å². The van der Waals surface area contributed by atoms with E-state index in [1.807, 2.05) is 0 Å². The molecule has 1 rings (SSSR count). The lowest BCUT2D eigenvalue weighted by molar-refractivity contribution is 0.0170. The minimum Gasteiger partial charge on any atom is -0.496 e. The first-order valence-corrected chi connectivity index (χ1v) is 7.49. The highest BCUT2D eigenvalue weighted by Crippen LogP contribution is 2.24. The van der Waals surface area contributed by atoms with Crippen LogP contribution in [-0.2, 0) is 14.8 Å². The summed E-state index contributed by atoms with van der Waals surface area (Å²) < 4.78 is 61.1. The molecule has 7 nitrogen and oxygen atoms in total. The molecule has 0 heterocycles. The predicted molar refractivity (Wildman–Crippen MR) is 73.5 cm³/mol. The molecule has 0 aromatic heterocycles. The zero-order valence-corrected chi connectivity index (χ0v) is 12.7. The van der Waals surface area contributed by atoms with Crippen molar-refractivity contribution in [3.8, 4) is 5.75 Å². The van der Waals surface area contributed by atoms with Crippen molar-refractivity contribution < 1.29 is 31.5 Å². The van der Waals surface area contributed by atoms with Gasteiger partial charge in [0, 0.05) is 6.07 Å². The highest BCUT2D eigenvalue weighted by Gasteiger charge is 2.29. The van der Waals surface area contributed by atoms with Gasteiger partial charge in [-0.1, -0.05) is 0 Å². The van der Waals surface area contributed by atoms with Gasteiger partial charge in [-0.15, -0.1) is 0 Å². The number of hydrogen-bond donors (Lipinski definition) is 2. The molecule has 0 fully saturated rings. The predicted octanol–water partition coefficient (Wildman–Crippen LogP) is 0.354. The van der Waals surface area contributed by atoms with Gasteiger partial charge in [0.25, 0.3) is 5.92 Å². The molecule has 1 aromatic rings. The molecular weight excluding hydrogens is 322 g/mol. The molecule has 0 spiro atoms. The zero-order valence-electron chi connectivity index (χ0n) is 11.9. The maximum atomic E-state index is 13.0. The lowest BCUT2D eigenvalue weighted by Gasteiger charge is -2.15. The van der Waals surface area contributed by atoms with Crippen LogP contribution in [0.15, 0.2) is 23.1 Å². The van der Waals surface area contributed by atoms with Gasteiger partial charge in [0.1, 0.15) is 11.3 Å². The third kappa shape index (κ3) is 4.36. The molecule has 0 amide bonds. The highest BCUT2D eigenvalue weighted by atomic mass is 32.2. The van der Waals surface area contributed by atoms with E-state index in [9.17, 15) is 22.0 Å². The minimum absolute atomic E-state index is 0.0104. The molecule has 0 saturated carbocycles. The van der Waals surface area contributed by atoms with Crippen LogP contribution in [0.3, 0.4) is 0 Å². The first kappa shape index (κ1) is 18.3. The lowest BCUT2D eigenvalue weighted by atomic mass is 10.2. The van der Waals surface area contributed by atoms with Crippen LogP contribution < -0.4 is 15.2 Å². The van der Waals surface area contributed by atoms with Crippen LogP contribution in [0.5, 0.6) is 5.75 Å². The Labute approximate surface area is 126 Å². The first-order chi connectivity index (χ1) is 10.2. The average Bonchev–Trinajstić information content (AvgIpc) is 2.51. The van der Waals surface area contributed by atoms with Crippen LogP contribution in [0, 0.1) is 0 Å². The van der Waals surface area contributed by atoms with Gasteiger partial charge in [-0.25, -0.2) is 26.7 Å². The summed E-state index contributed by atoms with van der Waals surface area (Å²) in [5, 5.41) is 0. The van der Waals surface area contributed by atoms with Gasteiger partial charge >= 0.3 is 5.97 Å². The second-order valence-corrected chi connectivity index (χ2v) is 6.01. The van der Waals surface area contributed by atoms with Gasteiger partial charge in [0.2, 0.25) is 10.0 Å². The van der Waals surface area contributed by atoms with Gasteiger partial charge in [-0.2, -0.15) is 0 Å². The maximum Gasteiger partial charge on any atom is 0.341 e. The average molecular weight is 338 g/mol. The minimum atomic E-state index is -4.20. The molecule has 3 N–H and O–H groups in total. The summed E-state index contributed by atoms with van der Waals surface area (Å²) in [5.74, 6) is -4.13. The SMILES string of the molecule is COC(=O)c1ccc(S(=O)(=O)NCC(F)(F)CN)cc1OC. The molecular formula is C12H16F2N2O5S. The quantitative estimate of drug-likeness (QED) is 0.695. The van der Waals surface area contributed by atoms with Crippen molar-refractivity contribution in [2.75, 3.05) is 27.3 Å². The van der Waals surface area contributed by atoms with Gasteiger partial charge in [0.05, 0.1) is 32.2 Å². The fourth-order valence-electron chi connectivity index (χ4n) is 1.47. The zero-order chi connectivity index (χ0) is 17.0. The second-order valence-electron chi connectivity index (χ2n) is 4.24. The van der Waals surface area contributed by atoms with E-state index in [0.29, 0.717) is 0 Å². The second kappa shape index (κ2) is 6.99. The van der Waals surface area contributed by atoms with Gasteiger partial charge in [0.15, 0.2) is 0 Å². The summed E-state index contributed by atoms with van der Waals surface area (Å²) in [6.07, 6.45) is 0. The summed E-state index contributed by atoms with van der Waals surface area (Å²) in [6.45, 7) is -2.12. The van der Waals surface area contributed by atoms with Crippen molar-refractivity contribution >= 4 is 16.0 Å². The Balaban J connectivity index is 3.08. The molecule has 0 radical (unpaired) electrons. The van der Waals surface area contributed by atoms with Gasteiger partial charge in [-0.05, 0) is 12.1 Å². The molecule has 0 saturated heterocycles. The van der Waals surface area contributed by atoms with Crippen LogP contribution in [-0.4, -0.2) is 47.6 Å². The number of halogens is 2. The number of methoxy groups -OCH3 is 2. The van der Waals surface area contributed by atoms with Crippen molar-refractivity contribution in [2.24, 2.45) is 5.73 Å². The molecule has 0 atom stereocenters. The van der Waals surface area contributed by atoms with E-state index in [0.717, 1.165) is 19.2 Å². The molecule has 0 bridgehead atoms. The number of nitrogens with two attached hydrogens (primary N) is 1. The normalized spacial score (nSPS) is 12.0. The monoisotopic (exact) mass is 338 g/mol. The van der Waals surface area contributed by atoms with Crippen LogP contribution in [0.4, 0.5) is 8.78 Å². The van der Waals surface area contributed by atoms with Crippen molar-refractivity contribution in [1.82, 2.24) is 4.72 Å². The summed E-state index contributed by atoms with van der Waals surface area (Å²) in [5.41, 5.74) is 4.84. The molecule has 0 unspecified atom stereocenters. The number of ether oxygens (including phenoxy) is 2. The number of hydrogen-bond acceptors (Lipinski definition) is 6. The summed E-state index contributed by atoms with van der Waals surface area (Å²) in [4.78, 5) is 11.1. The Morgan fingerprint density at radius 1 is 1.36 bits per heavy atom. The van der Waals surface area contributed by atoms with E-state index >= 15 is 0 Å². The highest BCUT2D eigenvalue weighted by molar-refractivity contribution is 7.89. The molecule has 10 heteroatoms. The number of carbonyl (C=O) groups is 1. The maximum absolute atomic E-state index is 13.0. The Morgan fingerprint density at radius 2 is 2.00 bits per heavy atom. The fourth-order valence-corrected chi connectivity index (χ4v) is 2.55. The van der Waals surface area contributed by atoms with Crippen molar-refractivity contribution in [2.45, 2.75) is 10.8 Å². The third-order valence-corrected chi connectivity index (χ3v) is 4.11. The van der Waals surface area contributed by atoms with Gasteiger partial charge < -0.3 is 15.2 Å². The number of nitrogens with one attached hydrogen (secondary N) is 1. The standard InChI is InChI=1S/C12H16F2N2O5S/c1-20-10-5-8(3-4-9(10)11(17)21-2)22(18,19)16-7-12(13,14)6-15/h3-5,16H,6-7,15H2,1-2H3. The summed E-state index contributed by atoms with van der Waals surface area (Å²) in [7, 11) is -1.82. The van der Waals surface area contributed by atoms with E-state index in [-0.39, 0.29) is 16.2 Å². The van der Waals surface area contributed by atoms with Crippen molar-refractivity contribution in [3.63, 3.8) is 0 Å². The van der Waals surface area contributed by atoms with Crippen LogP contribution in [0.1, 0.15) is 10.4 Å². The Bertz CT molecular complexity index is 649. The van der Waals surface area contributed by atoms with Crippen LogP contribution >= 0.6 is 0 Å². The van der Waals surface area contributed by atoms with E-state index in [1.54, 1.807) is 4.72 Å². The molecule has 0 aliphatic heterocycles. The first-order valence-electron chi connectivity index (χ1n) is 6.01. The molecule has 0 aliphatic rings. The largest absolute Gasteiger partial charge is 0.496 e. The Morgan fingerprint density at radius 3 is 2.50 bits per heavy atom. The smallest absolute Gasteiger partial charge is 0.341 e. The number of sulfonamides is 1. The summed E-state index contributed by atoms with van der Waals surface area (Å²) >= 11 is 0. The van der Waals surface area contributed by atoms with Gasteiger partial charge in [-0.3, -0.25) is 0 Å². The van der Waals surface area contributed by atoms with Crippen LogP contribution in [0.2, 0.25) is 0 Å². The molecule has 22 heavy (non-hydrogen) atoms. The molecule has 0 aliphatic carbocycles. The number of alkyl halides is 2. The lowest BCUT2D eigenvalue weighted by Crippen LogP contribution is -2.41. The Hall–Kier alpha value is -1.78. The van der Waals surface area contributed by atoms with Crippen molar-refractivity contribution in [3.05, 3.63) is 23.8 Å². The Kier molecular flexibility index (Phi) is 5.80. The van der Waals surface area contributed by atoms with Crippen molar-refractivity contribution in [1.29, 1.82) is 0 Å². The van der Waals surface area contributed by atoms with E-state index < -0.39 is 35.0 Å². The van der Waals surface area contributed by atoms with Crippen LogP contribution in [0.25, 0.3) is 0 Å². The molecule has 1 aromatic carbocycles. The van der Waals surface area contributed by atoms with E-state index in [4.69, 9.17) is 10.5 Å². The topological polar surface area (TPSA) is 108 Å². The number of esters is 1. The number of carbonyl (C=O) groups excluding carboxylic acids is 1. The number of rotatable bonds is 7. The summed E-state index contributed by atoms with van der Waals surface area (Å²) in [6, 6.07) is 3.28. The molecule has 124 valence electrons. The fraction of sp³-hybridized carbons (Fsp3) is 0.417. The third-order valence-electron chi connectivity index (χ3n) is 2.71.